The first-order valence-corrected chi connectivity index (χ1v) is 6.89. The molecule has 0 aromatic heterocycles. The molecule has 0 spiro atoms. The minimum Gasteiger partial charge on any atom is -0.497 e. The molecule has 0 saturated heterocycles. The molecule has 0 aliphatic carbocycles. The van der Waals surface area contributed by atoms with Crippen molar-refractivity contribution in [1.29, 1.82) is 0 Å². The SMILES string of the molecule is COc1ccc(COc2ccc(C(C)N)cc2Cl)c(F)c1. The quantitative estimate of drug-likeness (QED) is 0.905. The van der Waals surface area contributed by atoms with Gasteiger partial charge in [0.05, 0.1) is 12.1 Å². The zero-order valence-electron chi connectivity index (χ0n) is 11.9. The number of rotatable bonds is 5. The lowest BCUT2D eigenvalue weighted by atomic mass is 10.1. The average Bonchev–Trinajstić information content (AvgIpc) is 2.46. The molecule has 0 aliphatic rings. The largest absolute Gasteiger partial charge is 0.497 e. The molecule has 1 unspecified atom stereocenters. The number of hydrogen-bond donors (Lipinski definition) is 1. The summed E-state index contributed by atoms with van der Waals surface area (Å²) in [4.78, 5) is 0. The van der Waals surface area contributed by atoms with Crippen molar-refractivity contribution in [1.82, 2.24) is 0 Å². The molecule has 0 amide bonds. The summed E-state index contributed by atoms with van der Waals surface area (Å²) < 4.78 is 24.3. The Hall–Kier alpha value is -1.78. The second-order valence-corrected chi connectivity index (χ2v) is 5.13. The van der Waals surface area contributed by atoms with E-state index in [0.717, 1.165) is 5.56 Å². The van der Waals surface area contributed by atoms with E-state index in [9.17, 15) is 4.39 Å². The number of hydrogen-bond acceptors (Lipinski definition) is 3. The van der Waals surface area contributed by atoms with Crippen molar-refractivity contribution in [2.24, 2.45) is 5.73 Å². The van der Waals surface area contributed by atoms with Gasteiger partial charge in [0.2, 0.25) is 0 Å². The molecule has 2 N–H and O–H groups in total. The van der Waals surface area contributed by atoms with Crippen molar-refractivity contribution < 1.29 is 13.9 Å². The first-order chi connectivity index (χ1) is 10.0. The average molecular weight is 310 g/mol. The van der Waals surface area contributed by atoms with Crippen LogP contribution >= 0.6 is 11.6 Å². The lowest BCUT2D eigenvalue weighted by Crippen LogP contribution is -2.05. The molecular weight excluding hydrogens is 293 g/mol. The maximum Gasteiger partial charge on any atom is 0.138 e. The minimum absolute atomic E-state index is 0.0904. The van der Waals surface area contributed by atoms with E-state index >= 15 is 0 Å². The topological polar surface area (TPSA) is 44.5 Å². The summed E-state index contributed by atoms with van der Waals surface area (Å²) >= 11 is 6.13. The van der Waals surface area contributed by atoms with Crippen LogP contribution in [0.1, 0.15) is 24.1 Å². The van der Waals surface area contributed by atoms with Crippen molar-refractivity contribution in [3.8, 4) is 11.5 Å². The predicted octanol–water partition coefficient (Wildman–Crippen LogP) is 4.09. The van der Waals surface area contributed by atoms with Crippen molar-refractivity contribution in [3.63, 3.8) is 0 Å². The molecule has 2 aromatic rings. The van der Waals surface area contributed by atoms with Crippen LogP contribution < -0.4 is 15.2 Å². The van der Waals surface area contributed by atoms with Crippen LogP contribution in [0.4, 0.5) is 4.39 Å². The molecule has 0 bridgehead atoms. The second-order valence-electron chi connectivity index (χ2n) is 4.72. The van der Waals surface area contributed by atoms with Crippen molar-refractivity contribution in [3.05, 3.63) is 58.4 Å². The molecule has 21 heavy (non-hydrogen) atoms. The van der Waals surface area contributed by atoms with Crippen LogP contribution in [0.15, 0.2) is 36.4 Å². The Morgan fingerprint density at radius 2 is 2.00 bits per heavy atom. The van der Waals surface area contributed by atoms with Gasteiger partial charge in [0.15, 0.2) is 0 Å². The van der Waals surface area contributed by atoms with Gasteiger partial charge in [0, 0.05) is 17.7 Å². The van der Waals surface area contributed by atoms with Gasteiger partial charge in [0.1, 0.15) is 23.9 Å². The first-order valence-electron chi connectivity index (χ1n) is 6.51. The van der Waals surface area contributed by atoms with Crippen LogP contribution in [-0.4, -0.2) is 7.11 Å². The number of nitrogens with two attached hydrogens (primary N) is 1. The summed E-state index contributed by atoms with van der Waals surface area (Å²) in [6.07, 6.45) is 0. The van der Waals surface area contributed by atoms with E-state index in [4.69, 9.17) is 26.8 Å². The smallest absolute Gasteiger partial charge is 0.138 e. The van der Waals surface area contributed by atoms with Crippen LogP contribution in [0.3, 0.4) is 0 Å². The lowest BCUT2D eigenvalue weighted by Gasteiger charge is -2.12. The third-order valence-corrected chi connectivity index (χ3v) is 3.42. The molecule has 2 aromatic carbocycles. The Bertz CT molecular complexity index is 632. The summed E-state index contributed by atoms with van der Waals surface area (Å²) in [6, 6.07) is 9.86. The number of methoxy groups -OCH3 is 1. The molecule has 0 saturated carbocycles. The Morgan fingerprint density at radius 3 is 2.57 bits per heavy atom. The fourth-order valence-corrected chi connectivity index (χ4v) is 2.09. The van der Waals surface area contributed by atoms with Crippen molar-refractivity contribution >= 4 is 11.6 Å². The van der Waals surface area contributed by atoms with E-state index in [0.29, 0.717) is 22.1 Å². The van der Waals surface area contributed by atoms with Gasteiger partial charge >= 0.3 is 0 Å². The van der Waals surface area contributed by atoms with E-state index in [2.05, 4.69) is 0 Å². The zero-order chi connectivity index (χ0) is 15.4. The van der Waals surface area contributed by atoms with Gasteiger partial charge in [-0.25, -0.2) is 4.39 Å². The molecule has 0 aliphatic heterocycles. The van der Waals surface area contributed by atoms with E-state index in [-0.39, 0.29) is 18.5 Å². The lowest BCUT2D eigenvalue weighted by molar-refractivity contribution is 0.299. The summed E-state index contributed by atoms with van der Waals surface area (Å²) in [5, 5.41) is 0.457. The van der Waals surface area contributed by atoms with E-state index in [1.807, 2.05) is 13.0 Å². The van der Waals surface area contributed by atoms with Gasteiger partial charge in [-0.1, -0.05) is 17.7 Å². The maximum absolute atomic E-state index is 13.8. The van der Waals surface area contributed by atoms with Gasteiger partial charge in [-0.05, 0) is 36.8 Å². The number of halogens is 2. The van der Waals surface area contributed by atoms with Gasteiger partial charge < -0.3 is 15.2 Å². The molecular formula is C16H17ClFNO2. The Morgan fingerprint density at radius 1 is 1.24 bits per heavy atom. The van der Waals surface area contributed by atoms with Gasteiger partial charge in [0.25, 0.3) is 0 Å². The summed E-state index contributed by atoms with van der Waals surface area (Å²) in [7, 11) is 1.49. The van der Waals surface area contributed by atoms with Crippen molar-refractivity contribution in [2.75, 3.05) is 7.11 Å². The summed E-state index contributed by atoms with van der Waals surface area (Å²) in [5.41, 5.74) is 7.14. The molecule has 0 radical (unpaired) electrons. The molecule has 2 rings (SSSR count). The maximum atomic E-state index is 13.8. The monoisotopic (exact) mass is 309 g/mol. The highest BCUT2D eigenvalue weighted by Crippen LogP contribution is 2.28. The van der Waals surface area contributed by atoms with E-state index < -0.39 is 0 Å². The summed E-state index contributed by atoms with van der Waals surface area (Å²) in [5.74, 6) is 0.588. The normalized spacial score (nSPS) is 12.0. The third-order valence-electron chi connectivity index (χ3n) is 3.13. The highest BCUT2D eigenvalue weighted by atomic mass is 35.5. The third kappa shape index (κ3) is 3.86. The fourth-order valence-electron chi connectivity index (χ4n) is 1.84. The van der Waals surface area contributed by atoms with Crippen molar-refractivity contribution in [2.45, 2.75) is 19.6 Å². The molecule has 1 atom stereocenters. The molecule has 5 heteroatoms. The molecule has 112 valence electrons. The molecule has 3 nitrogen and oxygen atoms in total. The predicted molar refractivity (Wildman–Crippen MR) is 81.3 cm³/mol. The fraction of sp³-hybridized carbons (Fsp3) is 0.250. The Kier molecular flexibility index (Phi) is 5.04. The Labute approximate surface area is 128 Å². The highest BCUT2D eigenvalue weighted by Gasteiger charge is 2.09. The zero-order valence-corrected chi connectivity index (χ0v) is 12.7. The van der Waals surface area contributed by atoms with E-state index in [1.54, 1.807) is 24.3 Å². The van der Waals surface area contributed by atoms with Crippen LogP contribution in [0.2, 0.25) is 5.02 Å². The molecule has 0 fully saturated rings. The van der Waals surface area contributed by atoms with Gasteiger partial charge in [-0.2, -0.15) is 0 Å². The first kappa shape index (κ1) is 15.6. The Balaban J connectivity index is 2.09. The van der Waals surface area contributed by atoms with Crippen LogP contribution in [0.25, 0.3) is 0 Å². The number of ether oxygens (including phenoxy) is 2. The number of benzene rings is 2. The summed E-state index contributed by atoms with van der Waals surface area (Å²) in [6.45, 7) is 1.96. The van der Waals surface area contributed by atoms with Gasteiger partial charge in [-0.3, -0.25) is 0 Å². The van der Waals surface area contributed by atoms with Gasteiger partial charge in [-0.15, -0.1) is 0 Å². The molecule has 0 heterocycles. The minimum atomic E-state index is -0.377. The standard InChI is InChI=1S/C16H17ClFNO2/c1-10(19)11-4-6-16(14(17)7-11)21-9-12-3-5-13(20-2)8-15(12)18/h3-8,10H,9,19H2,1-2H3. The second kappa shape index (κ2) is 6.78. The van der Waals surface area contributed by atoms with E-state index in [1.165, 1.54) is 13.2 Å². The van der Waals surface area contributed by atoms with Crippen LogP contribution in [0, 0.1) is 5.82 Å². The van der Waals surface area contributed by atoms with Crippen LogP contribution in [0.5, 0.6) is 11.5 Å². The highest BCUT2D eigenvalue weighted by molar-refractivity contribution is 6.32. The van der Waals surface area contributed by atoms with Crippen LogP contribution in [-0.2, 0) is 6.61 Å².